The Morgan fingerprint density at radius 2 is 1.53 bits per heavy atom. The van der Waals surface area contributed by atoms with Crippen LogP contribution in [0.15, 0.2) is 36.4 Å². The van der Waals surface area contributed by atoms with Crippen molar-refractivity contribution in [1.29, 1.82) is 0 Å². The highest BCUT2D eigenvalue weighted by Gasteiger charge is 2.73. The van der Waals surface area contributed by atoms with Gasteiger partial charge in [0.05, 0.1) is 11.1 Å². The third kappa shape index (κ3) is 4.23. The zero-order valence-corrected chi connectivity index (χ0v) is 16.9. The molecule has 0 fully saturated rings. The molecule has 162 valence electrons. The van der Waals surface area contributed by atoms with Crippen molar-refractivity contribution < 1.29 is 45.4 Å². The zero-order valence-electron chi connectivity index (χ0n) is 14.8. The van der Waals surface area contributed by atoms with Crippen molar-refractivity contribution >= 4 is 40.2 Å². The largest absolute Gasteiger partial charge is 0.478 e. The zero-order chi connectivity index (χ0) is 23.1. The summed E-state index contributed by atoms with van der Waals surface area (Å²) in [5.74, 6) is -2.37. The first-order valence-electron chi connectivity index (χ1n) is 7.88. The highest BCUT2D eigenvalue weighted by atomic mass is 127. The number of anilines is 1. The molecule has 0 spiro atoms. The van der Waals surface area contributed by atoms with Crippen LogP contribution in [0.2, 0.25) is 0 Å². The maximum absolute atomic E-state index is 14.2. The fourth-order valence-corrected chi connectivity index (χ4v) is 3.36. The number of carbonyl (C=O) groups excluding carboxylic acids is 1. The van der Waals surface area contributed by atoms with Crippen molar-refractivity contribution in [1.82, 2.24) is 0 Å². The number of hydrogen-bond donors (Lipinski definition) is 2. The van der Waals surface area contributed by atoms with Gasteiger partial charge in [-0.2, -0.15) is 26.3 Å². The molecule has 0 aromatic heterocycles. The van der Waals surface area contributed by atoms with Gasteiger partial charge in [0, 0.05) is 14.8 Å². The third-order valence-electron chi connectivity index (χ3n) is 4.13. The van der Waals surface area contributed by atoms with E-state index in [0.717, 1.165) is 6.92 Å². The van der Waals surface area contributed by atoms with Gasteiger partial charge in [0.1, 0.15) is 0 Å². The van der Waals surface area contributed by atoms with Crippen LogP contribution in [0.4, 0.5) is 36.4 Å². The topological polar surface area (TPSA) is 66.4 Å². The lowest BCUT2D eigenvalue weighted by Crippen LogP contribution is -2.50. The minimum atomic E-state index is -6.26. The van der Waals surface area contributed by atoms with Crippen molar-refractivity contribution in [2.45, 2.75) is 24.9 Å². The number of amides is 1. The van der Waals surface area contributed by atoms with Crippen molar-refractivity contribution in [3.8, 4) is 0 Å². The normalized spacial score (nSPS) is 12.6. The first kappa shape index (κ1) is 23.9. The second-order valence-electron chi connectivity index (χ2n) is 6.11. The molecule has 1 amide bonds. The van der Waals surface area contributed by atoms with Crippen molar-refractivity contribution in [3.05, 3.63) is 62.2 Å². The van der Waals surface area contributed by atoms with Crippen molar-refractivity contribution in [3.63, 3.8) is 0 Å². The molecule has 2 aromatic carbocycles. The monoisotopic (exact) mass is 549 g/mol. The van der Waals surface area contributed by atoms with E-state index in [9.17, 15) is 45.4 Å². The lowest BCUT2D eigenvalue weighted by atomic mass is 9.92. The molecule has 0 aliphatic heterocycles. The maximum atomic E-state index is 14.2. The fourth-order valence-electron chi connectivity index (χ4n) is 2.63. The Hall–Kier alpha value is -2.38. The van der Waals surface area contributed by atoms with E-state index < -0.39 is 35.5 Å². The quantitative estimate of drug-likeness (QED) is 0.372. The number of rotatable bonds is 4. The molecule has 2 aromatic rings. The molecule has 0 heterocycles. The predicted molar refractivity (Wildman–Crippen MR) is 100 cm³/mol. The minimum absolute atomic E-state index is 0.217. The van der Waals surface area contributed by atoms with Crippen LogP contribution in [0.25, 0.3) is 0 Å². The SMILES string of the molecule is Cc1cc(C(F)(C(F)(F)F)C(F)(F)F)ccc1NC(=O)c1cccc(I)c1C(=O)O. The first-order chi connectivity index (χ1) is 13.6. The number of halogens is 8. The molecule has 2 rings (SSSR count). The lowest BCUT2D eigenvalue weighted by Gasteiger charge is -2.30. The number of alkyl halides is 7. The molecule has 30 heavy (non-hydrogen) atoms. The molecule has 0 atom stereocenters. The average molecular weight is 549 g/mol. The molecule has 2 N–H and O–H groups in total. The van der Waals surface area contributed by atoms with Gasteiger partial charge < -0.3 is 10.4 Å². The Labute approximate surface area is 178 Å². The van der Waals surface area contributed by atoms with E-state index in [1.807, 2.05) is 0 Å². The van der Waals surface area contributed by atoms with Crippen LogP contribution in [-0.4, -0.2) is 29.3 Å². The molecule has 0 saturated carbocycles. The molecule has 0 aliphatic carbocycles. The Morgan fingerprint density at radius 1 is 0.967 bits per heavy atom. The summed E-state index contributed by atoms with van der Waals surface area (Å²) in [5.41, 5.74) is -8.41. The van der Waals surface area contributed by atoms with Crippen LogP contribution in [0, 0.1) is 10.5 Å². The number of aryl methyl sites for hydroxylation is 1. The number of carboxylic acids is 1. The van der Waals surface area contributed by atoms with Crippen molar-refractivity contribution in [2.24, 2.45) is 0 Å². The summed E-state index contributed by atoms with van der Waals surface area (Å²) >= 11 is 1.68. The molecule has 0 aliphatic rings. The third-order valence-corrected chi connectivity index (χ3v) is 5.02. The van der Waals surface area contributed by atoms with E-state index in [4.69, 9.17) is 0 Å². The number of hydrogen-bond acceptors (Lipinski definition) is 2. The molecule has 12 heteroatoms. The fraction of sp³-hybridized carbons (Fsp3) is 0.222. The van der Waals surface area contributed by atoms with Crippen LogP contribution >= 0.6 is 22.6 Å². The summed E-state index contributed by atoms with van der Waals surface area (Å²) in [6.45, 7) is 1.07. The van der Waals surface area contributed by atoms with E-state index in [1.165, 1.54) is 18.2 Å². The number of aromatic carboxylic acids is 1. The summed E-state index contributed by atoms with van der Waals surface area (Å²) in [6, 6.07) is 5.27. The highest BCUT2D eigenvalue weighted by molar-refractivity contribution is 14.1. The molecular formula is C18H11F7INO3. The van der Waals surface area contributed by atoms with Crippen LogP contribution in [0.3, 0.4) is 0 Å². The molecule has 0 saturated heterocycles. The maximum Gasteiger partial charge on any atom is 0.435 e. The van der Waals surface area contributed by atoms with Gasteiger partial charge in [-0.3, -0.25) is 4.79 Å². The smallest absolute Gasteiger partial charge is 0.435 e. The van der Waals surface area contributed by atoms with Gasteiger partial charge in [-0.1, -0.05) is 18.2 Å². The average Bonchev–Trinajstić information content (AvgIpc) is 2.60. The molecular weight excluding hydrogens is 538 g/mol. The second kappa shape index (κ2) is 8.04. The van der Waals surface area contributed by atoms with Crippen molar-refractivity contribution in [2.75, 3.05) is 5.32 Å². The number of carbonyl (C=O) groups is 2. The van der Waals surface area contributed by atoms with E-state index >= 15 is 0 Å². The van der Waals surface area contributed by atoms with Gasteiger partial charge in [-0.15, -0.1) is 0 Å². The van der Waals surface area contributed by atoms with Crippen LogP contribution in [-0.2, 0) is 5.67 Å². The van der Waals surface area contributed by atoms with Gasteiger partial charge in [0.15, 0.2) is 0 Å². The number of benzene rings is 2. The Kier molecular flexibility index (Phi) is 6.40. The van der Waals surface area contributed by atoms with Gasteiger partial charge in [-0.05, 0) is 53.3 Å². The second-order valence-corrected chi connectivity index (χ2v) is 7.27. The summed E-state index contributed by atoms with van der Waals surface area (Å²) in [5, 5.41) is 11.5. The summed E-state index contributed by atoms with van der Waals surface area (Å²) in [6.07, 6.45) is -12.5. The van der Waals surface area contributed by atoms with Crippen LogP contribution in [0.5, 0.6) is 0 Å². The van der Waals surface area contributed by atoms with Gasteiger partial charge in [0.2, 0.25) is 0 Å². The number of nitrogens with one attached hydrogen (secondary N) is 1. The standard InChI is InChI=1S/C18H11F7INO3/c1-8-7-9(16(19,17(20,21)22)18(23,24)25)5-6-12(8)27-14(28)10-3-2-4-11(26)13(10)15(29)30/h2-7H,1H3,(H,27,28)(H,29,30). The summed E-state index contributed by atoms with van der Waals surface area (Å²) in [4.78, 5) is 23.8. The van der Waals surface area contributed by atoms with Crippen LogP contribution in [0.1, 0.15) is 31.8 Å². The van der Waals surface area contributed by atoms with E-state index in [0.29, 0.717) is 12.1 Å². The molecule has 0 unspecified atom stereocenters. The van der Waals surface area contributed by atoms with Crippen LogP contribution < -0.4 is 5.32 Å². The summed E-state index contributed by atoms with van der Waals surface area (Å²) < 4.78 is 91.7. The molecule has 0 radical (unpaired) electrons. The van der Waals surface area contributed by atoms with Gasteiger partial charge >= 0.3 is 24.0 Å². The molecule has 4 nitrogen and oxygen atoms in total. The Bertz CT molecular complexity index is 988. The minimum Gasteiger partial charge on any atom is -0.478 e. The Balaban J connectivity index is 2.46. The van der Waals surface area contributed by atoms with E-state index in [-0.39, 0.29) is 32.0 Å². The Morgan fingerprint density at radius 3 is 2.00 bits per heavy atom. The highest BCUT2D eigenvalue weighted by Crippen LogP contribution is 2.53. The number of carboxylic acid groups (broad SMARTS) is 1. The van der Waals surface area contributed by atoms with Gasteiger partial charge in [0.25, 0.3) is 5.91 Å². The first-order valence-corrected chi connectivity index (χ1v) is 8.95. The lowest BCUT2D eigenvalue weighted by molar-refractivity contribution is -0.348. The van der Waals surface area contributed by atoms with E-state index in [1.54, 1.807) is 22.6 Å². The van der Waals surface area contributed by atoms with E-state index in [2.05, 4.69) is 5.32 Å². The van der Waals surface area contributed by atoms with Gasteiger partial charge in [-0.25, -0.2) is 9.18 Å². The summed E-state index contributed by atoms with van der Waals surface area (Å²) in [7, 11) is 0. The molecule has 0 bridgehead atoms. The predicted octanol–water partition coefficient (Wildman–Crippen LogP) is 5.84.